The van der Waals surface area contributed by atoms with E-state index in [0.717, 1.165) is 24.9 Å². The topological polar surface area (TPSA) is 57.6 Å². The van der Waals surface area contributed by atoms with E-state index in [0.29, 0.717) is 17.9 Å². The maximum Gasteiger partial charge on any atom is 0.303 e. The molecule has 4 nitrogen and oxygen atoms in total. The zero-order valence-electron chi connectivity index (χ0n) is 11.2. The minimum atomic E-state index is -0.856. The lowest BCUT2D eigenvalue weighted by molar-refractivity contribution is -0.137. The number of likely N-dealkylation sites (tertiary alicyclic amines) is 1. The van der Waals surface area contributed by atoms with Gasteiger partial charge in [0, 0.05) is 24.4 Å². The number of amides is 1. The van der Waals surface area contributed by atoms with Crippen molar-refractivity contribution in [3.8, 4) is 0 Å². The smallest absolute Gasteiger partial charge is 0.303 e. The number of nitrogens with zero attached hydrogens (tertiary/aromatic N) is 1. The second-order valence-electron chi connectivity index (χ2n) is 5.05. The van der Waals surface area contributed by atoms with E-state index >= 15 is 0 Å². The molecule has 0 unspecified atom stereocenters. The molecule has 1 saturated heterocycles. The molecule has 1 amide bonds. The van der Waals surface area contributed by atoms with E-state index in [1.807, 2.05) is 29.2 Å². The number of carbonyl (C=O) groups is 2. The molecule has 0 saturated carbocycles. The number of hydrogen-bond acceptors (Lipinski definition) is 2. The largest absolute Gasteiger partial charge is 0.481 e. The fourth-order valence-corrected chi connectivity index (χ4v) is 2.86. The van der Waals surface area contributed by atoms with Crippen molar-refractivity contribution in [2.24, 2.45) is 0 Å². The van der Waals surface area contributed by atoms with Crippen LogP contribution < -0.4 is 0 Å². The third kappa shape index (κ3) is 3.73. The zero-order chi connectivity index (χ0) is 14.5. The second kappa shape index (κ2) is 6.75. The van der Waals surface area contributed by atoms with Gasteiger partial charge in [0.2, 0.25) is 5.91 Å². The molecule has 1 aromatic rings. The molecule has 0 spiro atoms. The first-order chi connectivity index (χ1) is 9.58. The first kappa shape index (κ1) is 14.9. The molecule has 1 aromatic carbocycles. The highest BCUT2D eigenvalue weighted by Gasteiger charge is 2.29. The van der Waals surface area contributed by atoms with Gasteiger partial charge in [-0.2, -0.15) is 0 Å². The van der Waals surface area contributed by atoms with Crippen molar-refractivity contribution in [2.75, 3.05) is 6.54 Å². The van der Waals surface area contributed by atoms with Crippen molar-refractivity contribution in [1.29, 1.82) is 0 Å². The Bertz CT molecular complexity index is 504. The lowest BCUT2D eigenvalue weighted by atomic mass is 10.0. The van der Waals surface area contributed by atoms with Gasteiger partial charge >= 0.3 is 5.97 Å². The lowest BCUT2D eigenvalue weighted by Gasteiger charge is -2.25. The van der Waals surface area contributed by atoms with Crippen LogP contribution in [0.4, 0.5) is 0 Å². The number of rotatable bonds is 5. The zero-order valence-corrected chi connectivity index (χ0v) is 12.0. The SMILES string of the molecule is O=C(O)CCCC(=O)N1CCC[C@H]1c1cccc(Cl)c1. The van der Waals surface area contributed by atoms with E-state index in [1.54, 1.807) is 0 Å². The molecular weight excluding hydrogens is 278 g/mol. The van der Waals surface area contributed by atoms with Gasteiger partial charge in [0.15, 0.2) is 0 Å². The third-order valence-electron chi connectivity index (χ3n) is 3.59. The first-order valence-electron chi connectivity index (χ1n) is 6.84. The molecule has 20 heavy (non-hydrogen) atoms. The highest BCUT2D eigenvalue weighted by Crippen LogP contribution is 2.33. The summed E-state index contributed by atoms with van der Waals surface area (Å²) >= 11 is 6.00. The summed E-state index contributed by atoms with van der Waals surface area (Å²) in [7, 11) is 0. The molecular formula is C15H18ClNO3. The molecule has 108 valence electrons. The van der Waals surface area contributed by atoms with Gasteiger partial charge in [0.25, 0.3) is 0 Å². The molecule has 1 fully saturated rings. The number of carboxylic acids is 1. The average Bonchev–Trinajstić information content (AvgIpc) is 2.87. The highest BCUT2D eigenvalue weighted by molar-refractivity contribution is 6.30. The highest BCUT2D eigenvalue weighted by atomic mass is 35.5. The van der Waals surface area contributed by atoms with Crippen molar-refractivity contribution in [2.45, 2.75) is 38.1 Å². The predicted octanol–water partition coefficient (Wildman–Crippen LogP) is 3.26. The molecule has 0 radical (unpaired) electrons. The fourth-order valence-electron chi connectivity index (χ4n) is 2.66. The monoisotopic (exact) mass is 295 g/mol. The Morgan fingerprint density at radius 2 is 2.15 bits per heavy atom. The first-order valence-corrected chi connectivity index (χ1v) is 7.22. The summed E-state index contributed by atoms with van der Waals surface area (Å²) in [5.74, 6) is -0.820. The van der Waals surface area contributed by atoms with Crippen LogP contribution >= 0.6 is 11.6 Å². The van der Waals surface area contributed by atoms with Crippen molar-refractivity contribution in [1.82, 2.24) is 4.90 Å². The molecule has 0 aliphatic carbocycles. The van der Waals surface area contributed by atoms with Crippen LogP contribution in [-0.2, 0) is 9.59 Å². The van der Waals surface area contributed by atoms with Crippen LogP contribution in [0.1, 0.15) is 43.7 Å². The van der Waals surface area contributed by atoms with Gasteiger partial charge in [-0.15, -0.1) is 0 Å². The maximum absolute atomic E-state index is 12.2. The van der Waals surface area contributed by atoms with Gasteiger partial charge in [-0.25, -0.2) is 0 Å². The van der Waals surface area contributed by atoms with Crippen molar-refractivity contribution in [3.63, 3.8) is 0 Å². The van der Waals surface area contributed by atoms with E-state index < -0.39 is 5.97 Å². The Kier molecular flexibility index (Phi) is 5.01. The number of hydrogen-bond donors (Lipinski definition) is 1. The van der Waals surface area contributed by atoms with Crippen molar-refractivity contribution < 1.29 is 14.7 Å². The minimum absolute atomic E-state index is 0.0359. The van der Waals surface area contributed by atoms with Gasteiger partial charge in [0.05, 0.1) is 6.04 Å². The molecule has 0 aromatic heterocycles. The Hall–Kier alpha value is -1.55. The summed E-state index contributed by atoms with van der Waals surface area (Å²) in [5.41, 5.74) is 1.06. The number of benzene rings is 1. The Morgan fingerprint density at radius 1 is 1.35 bits per heavy atom. The van der Waals surface area contributed by atoms with E-state index in [9.17, 15) is 9.59 Å². The van der Waals surface area contributed by atoms with Crippen LogP contribution in [0.15, 0.2) is 24.3 Å². The third-order valence-corrected chi connectivity index (χ3v) is 3.82. The van der Waals surface area contributed by atoms with Crippen LogP contribution in [0, 0.1) is 0 Å². The summed E-state index contributed by atoms with van der Waals surface area (Å²) in [4.78, 5) is 24.5. The summed E-state index contributed by atoms with van der Waals surface area (Å²) < 4.78 is 0. The van der Waals surface area contributed by atoms with Gasteiger partial charge in [-0.1, -0.05) is 23.7 Å². The van der Waals surface area contributed by atoms with E-state index in [2.05, 4.69) is 0 Å². The normalized spacial score (nSPS) is 18.2. The van der Waals surface area contributed by atoms with Gasteiger partial charge in [-0.3, -0.25) is 9.59 Å². The van der Waals surface area contributed by atoms with E-state index in [1.165, 1.54) is 0 Å². The second-order valence-corrected chi connectivity index (χ2v) is 5.48. The van der Waals surface area contributed by atoms with Crippen LogP contribution in [0.2, 0.25) is 5.02 Å². The molecule has 1 atom stereocenters. The number of carbonyl (C=O) groups excluding carboxylic acids is 1. The average molecular weight is 296 g/mol. The summed E-state index contributed by atoms with van der Waals surface area (Å²) in [6.45, 7) is 0.739. The van der Waals surface area contributed by atoms with Crippen LogP contribution in [0.25, 0.3) is 0 Å². The Morgan fingerprint density at radius 3 is 2.85 bits per heavy atom. The quantitative estimate of drug-likeness (QED) is 0.907. The molecule has 0 bridgehead atoms. The van der Waals surface area contributed by atoms with Gasteiger partial charge in [0.1, 0.15) is 0 Å². The summed E-state index contributed by atoms with van der Waals surface area (Å²) in [6.07, 6.45) is 2.64. The van der Waals surface area contributed by atoms with Gasteiger partial charge < -0.3 is 10.0 Å². The van der Waals surface area contributed by atoms with E-state index in [4.69, 9.17) is 16.7 Å². The van der Waals surface area contributed by atoms with Crippen LogP contribution in [0.5, 0.6) is 0 Å². The maximum atomic E-state index is 12.2. The molecule has 1 aliphatic heterocycles. The number of halogens is 1. The van der Waals surface area contributed by atoms with Gasteiger partial charge in [-0.05, 0) is 37.0 Å². The van der Waals surface area contributed by atoms with Crippen molar-refractivity contribution >= 4 is 23.5 Å². The fraction of sp³-hybridized carbons (Fsp3) is 0.467. The molecule has 1 N–H and O–H groups in total. The van der Waals surface area contributed by atoms with E-state index in [-0.39, 0.29) is 18.4 Å². The number of aliphatic carboxylic acids is 1. The van der Waals surface area contributed by atoms with Crippen LogP contribution in [-0.4, -0.2) is 28.4 Å². The Labute approximate surface area is 123 Å². The predicted molar refractivity (Wildman–Crippen MR) is 76.6 cm³/mol. The standard InChI is InChI=1S/C15H18ClNO3/c16-12-5-1-4-11(10-12)13-6-3-9-17(13)14(18)7-2-8-15(19)20/h1,4-5,10,13H,2-3,6-9H2,(H,19,20)/t13-/m0/s1. The van der Waals surface area contributed by atoms with Crippen LogP contribution in [0.3, 0.4) is 0 Å². The number of carboxylic acid groups (broad SMARTS) is 1. The molecule has 5 heteroatoms. The minimum Gasteiger partial charge on any atom is -0.481 e. The Balaban J connectivity index is 2.00. The lowest BCUT2D eigenvalue weighted by Crippen LogP contribution is -2.30. The van der Waals surface area contributed by atoms with Crippen molar-refractivity contribution in [3.05, 3.63) is 34.9 Å². The molecule has 2 rings (SSSR count). The molecule has 1 aliphatic rings. The molecule has 1 heterocycles. The summed E-state index contributed by atoms with van der Waals surface area (Å²) in [6, 6.07) is 7.67. The summed E-state index contributed by atoms with van der Waals surface area (Å²) in [5, 5.41) is 9.29.